The van der Waals surface area contributed by atoms with E-state index in [-0.39, 0.29) is 18.5 Å². The number of aromatic nitrogens is 1. The summed E-state index contributed by atoms with van der Waals surface area (Å²) in [6.45, 7) is 1.42. The molecule has 1 heterocycles. The molecule has 0 spiro atoms. The van der Waals surface area contributed by atoms with Crippen LogP contribution in [0.1, 0.15) is 30.8 Å². The topological polar surface area (TPSA) is 99.8 Å². The summed E-state index contributed by atoms with van der Waals surface area (Å²) in [5, 5.41) is 27.6. The van der Waals surface area contributed by atoms with Gasteiger partial charge in [-0.2, -0.15) is 13.2 Å². The van der Waals surface area contributed by atoms with Crippen LogP contribution in [0.3, 0.4) is 0 Å². The van der Waals surface area contributed by atoms with Crippen LogP contribution in [0.4, 0.5) is 13.2 Å². The third-order valence-electron chi connectivity index (χ3n) is 3.39. The average molecular weight is 323 g/mol. The van der Waals surface area contributed by atoms with Crippen molar-refractivity contribution in [3.05, 3.63) is 27.7 Å². The highest BCUT2D eigenvalue weighted by Gasteiger charge is 2.42. The van der Waals surface area contributed by atoms with Crippen LogP contribution in [0.15, 0.2) is 10.9 Å². The Kier molecular flexibility index (Phi) is 5.23. The number of aryl methyl sites for hydroxylation is 1. The van der Waals surface area contributed by atoms with Crippen molar-refractivity contribution in [2.45, 2.75) is 32.0 Å². The van der Waals surface area contributed by atoms with Gasteiger partial charge in [0, 0.05) is 18.8 Å². The SMILES string of the molecule is C[C@H](CCc1cc(=O)c(O)c(C(O)C(F)(F)F)n1C)C(=O)O. The van der Waals surface area contributed by atoms with Crippen molar-refractivity contribution in [2.24, 2.45) is 13.0 Å². The van der Waals surface area contributed by atoms with Gasteiger partial charge in [-0.25, -0.2) is 0 Å². The van der Waals surface area contributed by atoms with E-state index in [1.807, 2.05) is 0 Å². The number of rotatable bonds is 5. The first-order valence-corrected chi connectivity index (χ1v) is 6.36. The molecule has 1 unspecified atom stereocenters. The Morgan fingerprint density at radius 1 is 1.41 bits per heavy atom. The standard InChI is InChI=1S/C13H16F3NO5/c1-6(12(21)22)3-4-7-5-8(18)10(19)9(17(7)2)11(20)13(14,15)16/h5-6,11,19-20H,3-4H2,1-2H3,(H,21,22)/t6-,11?/m1/s1. The maximum absolute atomic E-state index is 12.6. The summed E-state index contributed by atoms with van der Waals surface area (Å²) in [5.74, 6) is -3.00. The molecule has 22 heavy (non-hydrogen) atoms. The molecule has 0 saturated carbocycles. The Morgan fingerprint density at radius 3 is 2.41 bits per heavy atom. The van der Waals surface area contributed by atoms with Crippen LogP contribution in [0.5, 0.6) is 5.75 Å². The summed E-state index contributed by atoms with van der Waals surface area (Å²) in [7, 11) is 1.16. The fourth-order valence-corrected chi connectivity index (χ4v) is 1.95. The van der Waals surface area contributed by atoms with Crippen LogP contribution in [0, 0.1) is 5.92 Å². The first-order valence-electron chi connectivity index (χ1n) is 6.36. The zero-order chi connectivity index (χ0) is 17.2. The highest BCUT2D eigenvalue weighted by atomic mass is 19.4. The zero-order valence-corrected chi connectivity index (χ0v) is 11.9. The monoisotopic (exact) mass is 323 g/mol. The largest absolute Gasteiger partial charge is 0.503 e. The van der Waals surface area contributed by atoms with Gasteiger partial charge in [-0.05, 0) is 12.8 Å². The van der Waals surface area contributed by atoms with Crippen molar-refractivity contribution >= 4 is 5.97 Å². The molecular weight excluding hydrogens is 307 g/mol. The number of aliphatic hydroxyl groups excluding tert-OH is 1. The predicted octanol–water partition coefficient (Wildman–Crippen LogP) is 1.34. The molecule has 0 saturated heterocycles. The number of nitrogens with zero attached hydrogens (tertiary/aromatic N) is 1. The van der Waals surface area contributed by atoms with E-state index in [0.29, 0.717) is 0 Å². The van der Waals surface area contributed by atoms with E-state index in [9.17, 15) is 33.0 Å². The van der Waals surface area contributed by atoms with E-state index in [4.69, 9.17) is 5.11 Å². The molecule has 6 nitrogen and oxygen atoms in total. The third kappa shape index (κ3) is 3.79. The number of halogens is 3. The number of carboxylic acid groups (broad SMARTS) is 1. The molecule has 2 atom stereocenters. The van der Waals surface area contributed by atoms with Crippen LogP contribution in [-0.4, -0.2) is 32.0 Å². The Bertz CT molecular complexity index is 623. The maximum Gasteiger partial charge on any atom is 0.420 e. The number of hydrogen-bond acceptors (Lipinski definition) is 4. The van der Waals surface area contributed by atoms with Crippen molar-refractivity contribution in [3.63, 3.8) is 0 Å². The number of hydrogen-bond donors (Lipinski definition) is 3. The van der Waals surface area contributed by atoms with Gasteiger partial charge in [-0.15, -0.1) is 0 Å². The van der Waals surface area contributed by atoms with Crippen molar-refractivity contribution in [1.29, 1.82) is 0 Å². The minimum atomic E-state index is -5.05. The summed E-state index contributed by atoms with van der Waals surface area (Å²) in [5.41, 5.74) is -1.93. The normalized spacial score (nSPS) is 14.6. The maximum atomic E-state index is 12.6. The highest BCUT2D eigenvalue weighted by Crippen LogP contribution is 2.35. The summed E-state index contributed by atoms with van der Waals surface area (Å²) < 4.78 is 38.7. The summed E-state index contributed by atoms with van der Waals surface area (Å²) >= 11 is 0. The van der Waals surface area contributed by atoms with Gasteiger partial charge in [0.05, 0.1) is 5.92 Å². The molecule has 0 bridgehead atoms. The summed E-state index contributed by atoms with van der Waals surface area (Å²) in [4.78, 5) is 22.3. The van der Waals surface area contributed by atoms with Gasteiger partial charge >= 0.3 is 12.1 Å². The van der Waals surface area contributed by atoms with E-state index in [2.05, 4.69) is 0 Å². The van der Waals surface area contributed by atoms with E-state index >= 15 is 0 Å². The predicted molar refractivity (Wildman–Crippen MR) is 69.5 cm³/mol. The molecule has 0 aliphatic heterocycles. The lowest BCUT2D eigenvalue weighted by Gasteiger charge is -2.21. The number of carboxylic acids is 1. The van der Waals surface area contributed by atoms with Crippen LogP contribution in [0.2, 0.25) is 0 Å². The molecule has 0 radical (unpaired) electrons. The lowest BCUT2D eigenvalue weighted by molar-refractivity contribution is -0.209. The van der Waals surface area contributed by atoms with Crippen LogP contribution >= 0.6 is 0 Å². The van der Waals surface area contributed by atoms with E-state index in [0.717, 1.165) is 17.7 Å². The second-order valence-electron chi connectivity index (χ2n) is 5.01. The Balaban J connectivity index is 3.25. The third-order valence-corrected chi connectivity index (χ3v) is 3.39. The van der Waals surface area contributed by atoms with E-state index in [1.54, 1.807) is 0 Å². The zero-order valence-electron chi connectivity index (χ0n) is 11.9. The minimum absolute atomic E-state index is 0.0110. The quantitative estimate of drug-likeness (QED) is 0.759. The van der Waals surface area contributed by atoms with Crippen LogP contribution < -0.4 is 5.43 Å². The molecule has 0 aliphatic rings. The molecule has 0 aliphatic carbocycles. The molecular formula is C13H16F3NO5. The van der Waals surface area contributed by atoms with Crippen LogP contribution in [0.25, 0.3) is 0 Å². The Labute approximate surface area is 123 Å². The van der Waals surface area contributed by atoms with Crippen molar-refractivity contribution in [3.8, 4) is 5.75 Å². The van der Waals surface area contributed by atoms with Crippen molar-refractivity contribution < 1.29 is 33.3 Å². The number of pyridine rings is 1. The van der Waals surface area contributed by atoms with Gasteiger partial charge in [0.2, 0.25) is 5.43 Å². The molecule has 1 rings (SSSR count). The van der Waals surface area contributed by atoms with Gasteiger partial charge < -0.3 is 19.9 Å². The van der Waals surface area contributed by atoms with Crippen LogP contribution in [-0.2, 0) is 18.3 Å². The number of alkyl halides is 3. The molecule has 124 valence electrons. The first-order chi connectivity index (χ1) is 9.96. The van der Waals surface area contributed by atoms with Gasteiger partial charge in [0.25, 0.3) is 0 Å². The number of carbonyl (C=O) groups is 1. The van der Waals surface area contributed by atoms with Crippen molar-refractivity contribution in [1.82, 2.24) is 4.57 Å². The van der Waals surface area contributed by atoms with Crippen molar-refractivity contribution in [2.75, 3.05) is 0 Å². The van der Waals surface area contributed by atoms with E-state index < -0.39 is 41.0 Å². The summed E-state index contributed by atoms with van der Waals surface area (Å²) in [6, 6.07) is 0.927. The fraction of sp³-hybridized carbons (Fsp3) is 0.538. The molecule has 3 N–H and O–H groups in total. The van der Waals surface area contributed by atoms with Gasteiger partial charge in [0.1, 0.15) is 5.69 Å². The smallest absolute Gasteiger partial charge is 0.420 e. The molecule has 0 amide bonds. The Morgan fingerprint density at radius 2 is 1.95 bits per heavy atom. The Hall–Kier alpha value is -2.03. The van der Waals surface area contributed by atoms with Gasteiger partial charge in [-0.1, -0.05) is 6.92 Å². The number of aliphatic carboxylic acids is 1. The molecule has 0 fully saturated rings. The van der Waals surface area contributed by atoms with E-state index in [1.165, 1.54) is 6.92 Å². The second-order valence-corrected chi connectivity index (χ2v) is 5.01. The average Bonchev–Trinajstić information content (AvgIpc) is 2.39. The minimum Gasteiger partial charge on any atom is -0.503 e. The highest BCUT2D eigenvalue weighted by molar-refractivity contribution is 5.69. The van der Waals surface area contributed by atoms with Gasteiger partial charge in [0.15, 0.2) is 11.9 Å². The number of aromatic hydroxyl groups is 1. The fourth-order valence-electron chi connectivity index (χ4n) is 1.95. The second kappa shape index (κ2) is 6.39. The molecule has 9 heteroatoms. The molecule has 0 aromatic carbocycles. The first kappa shape index (κ1) is 18.0. The molecule has 1 aromatic heterocycles. The molecule has 1 aromatic rings. The van der Waals surface area contributed by atoms with Gasteiger partial charge in [-0.3, -0.25) is 9.59 Å². The lowest BCUT2D eigenvalue weighted by Crippen LogP contribution is -2.27. The lowest BCUT2D eigenvalue weighted by atomic mass is 10.0. The summed E-state index contributed by atoms with van der Waals surface area (Å²) in [6.07, 6.45) is -7.96. The number of aliphatic hydroxyl groups is 1.